The number of halogens is 1. The number of aromatic nitrogens is 2. The molecular weight excluding hydrogens is 321 g/mol. The molecule has 0 radical (unpaired) electrons. The fraction of sp³-hybridized carbons (Fsp3) is 0.474. The molecular formula is C19H24FN3O2. The Hall–Kier alpha value is -2.21. The van der Waals surface area contributed by atoms with Gasteiger partial charge >= 0.3 is 0 Å². The molecule has 0 saturated carbocycles. The van der Waals surface area contributed by atoms with Crippen molar-refractivity contribution in [3.8, 4) is 0 Å². The molecule has 25 heavy (non-hydrogen) atoms. The van der Waals surface area contributed by atoms with E-state index < -0.39 is 6.10 Å². The van der Waals surface area contributed by atoms with E-state index in [-0.39, 0.29) is 17.6 Å². The van der Waals surface area contributed by atoms with Crippen molar-refractivity contribution in [3.63, 3.8) is 0 Å². The predicted molar refractivity (Wildman–Crippen MR) is 92.7 cm³/mol. The number of piperidine rings is 1. The van der Waals surface area contributed by atoms with E-state index in [0.29, 0.717) is 37.5 Å². The lowest BCUT2D eigenvalue weighted by atomic mass is 9.87. The smallest absolute Gasteiger partial charge is 0.274 e. The fourth-order valence-electron chi connectivity index (χ4n) is 3.25. The number of aromatic amines is 1. The minimum Gasteiger partial charge on any atom is -0.388 e. The molecule has 0 unspecified atom stereocenters. The summed E-state index contributed by atoms with van der Waals surface area (Å²) in [5.41, 5.74) is 2.12. The van der Waals surface area contributed by atoms with Crippen molar-refractivity contribution >= 4 is 5.91 Å². The van der Waals surface area contributed by atoms with Gasteiger partial charge < -0.3 is 10.0 Å². The standard InChI is InChI=1S/C19H24FN3O2/c1-12(2)16-11-17(22-21-16)19(25)23-9-7-14(8-10-23)18(24)13-3-5-15(20)6-4-13/h3-6,11-12,14,18,24H,7-10H2,1-2H3,(H,21,22)/t18-/m0/s1. The van der Waals surface area contributed by atoms with E-state index in [2.05, 4.69) is 10.2 Å². The molecule has 1 aromatic heterocycles. The van der Waals surface area contributed by atoms with Crippen LogP contribution in [0.5, 0.6) is 0 Å². The molecule has 3 rings (SSSR count). The fourth-order valence-corrected chi connectivity index (χ4v) is 3.25. The zero-order valence-corrected chi connectivity index (χ0v) is 14.6. The van der Waals surface area contributed by atoms with E-state index in [1.807, 2.05) is 19.9 Å². The van der Waals surface area contributed by atoms with Gasteiger partial charge in [0.15, 0.2) is 0 Å². The Morgan fingerprint density at radius 1 is 1.28 bits per heavy atom. The van der Waals surface area contributed by atoms with Gasteiger partial charge in [0.2, 0.25) is 0 Å². The lowest BCUT2D eigenvalue weighted by Gasteiger charge is -2.34. The van der Waals surface area contributed by atoms with Crippen molar-refractivity contribution < 1.29 is 14.3 Å². The van der Waals surface area contributed by atoms with Crippen LogP contribution in [-0.4, -0.2) is 39.2 Å². The van der Waals surface area contributed by atoms with Crippen molar-refractivity contribution in [2.24, 2.45) is 5.92 Å². The molecule has 1 fully saturated rings. The second kappa shape index (κ2) is 7.35. The first-order valence-corrected chi connectivity index (χ1v) is 8.74. The van der Waals surface area contributed by atoms with E-state index in [1.54, 1.807) is 17.0 Å². The van der Waals surface area contributed by atoms with Crippen LogP contribution in [0.4, 0.5) is 4.39 Å². The largest absolute Gasteiger partial charge is 0.388 e. The molecule has 1 amide bonds. The maximum Gasteiger partial charge on any atom is 0.274 e. The Morgan fingerprint density at radius 3 is 2.48 bits per heavy atom. The first kappa shape index (κ1) is 17.6. The number of H-pyrrole nitrogens is 1. The molecule has 6 heteroatoms. The van der Waals surface area contributed by atoms with Crippen molar-refractivity contribution in [2.75, 3.05) is 13.1 Å². The SMILES string of the molecule is CC(C)c1cc(C(=O)N2CCC([C@@H](O)c3ccc(F)cc3)CC2)n[nH]1. The van der Waals surface area contributed by atoms with Gasteiger partial charge in [-0.05, 0) is 48.4 Å². The number of nitrogens with zero attached hydrogens (tertiary/aromatic N) is 2. The number of aliphatic hydroxyl groups excluding tert-OH is 1. The number of rotatable bonds is 4. The molecule has 134 valence electrons. The summed E-state index contributed by atoms with van der Waals surface area (Å²) < 4.78 is 13.0. The van der Waals surface area contributed by atoms with E-state index in [9.17, 15) is 14.3 Å². The average Bonchev–Trinajstić information content (AvgIpc) is 3.12. The molecule has 0 aliphatic carbocycles. The monoisotopic (exact) mass is 345 g/mol. The topological polar surface area (TPSA) is 69.2 Å². The summed E-state index contributed by atoms with van der Waals surface area (Å²) in [7, 11) is 0. The lowest BCUT2D eigenvalue weighted by Crippen LogP contribution is -2.40. The number of likely N-dealkylation sites (tertiary alicyclic amines) is 1. The lowest BCUT2D eigenvalue weighted by molar-refractivity contribution is 0.0458. The van der Waals surface area contributed by atoms with E-state index >= 15 is 0 Å². The molecule has 2 aromatic rings. The van der Waals surface area contributed by atoms with Gasteiger partial charge in [-0.3, -0.25) is 9.89 Å². The number of hydrogen-bond donors (Lipinski definition) is 2. The van der Waals surface area contributed by atoms with Crippen LogP contribution in [-0.2, 0) is 0 Å². The maximum atomic E-state index is 13.0. The van der Waals surface area contributed by atoms with Gasteiger partial charge in [-0.2, -0.15) is 5.10 Å². The molecule has 1 atom stereocenters. The Morgan fingerprint density at radius 2 is 1.92 bits per heavy atom. The second-order valence-electron chi connectivity index (χ2n) is 6.99. The van der Waals surface area contributed by atoms with E-state index in [1.165, 1.54) is 12.1 Å². The van der Waals surface area contributed by atoms with Crippen molar-refractivity contribution in [3.05, 3.63) is 53.1 Å². The highest BCUT2D eigenvalue weighted by molar-refractivity contribution is 5.92. The number of carbonyl (C=O) groups excluding carboxylic acids is 1. The van der Waals surface area contributed by atoms with E-state index in [0.717, 1.165) is 11.3 Å². The number of aliphatic hydroxyl groups is 1. The normalized spacial score (nSPS) is 17.1. The minimum atomic E-state index is -0.629. The highest BCUT2D eigenvalue weighted by Crippen LogP contribution is 2.31. The van der Waals surface area contributed by atoms with Gasteiger partial charge in [-0.15, -0.1) is 0 Å². The third kappa shape index (κ3) is 3.90. The Kier molecular flexibility index (Phi) is 5.18. The van der Waals surface area contributed by atoms with Crippen molar-refractivity contribution in [2.45, 2.75) is 38.7 Å². The quantitative estimate of drug-likeness (QED) is 0.894. The van der Waals surface area contributed by atoms with Gasteiger partial charge in [0.25, 0.3) is 5.91 Å². The van der Waals surface area contributed by atoms with Crippen LogP contribution in [0.25, 0.3) is 0 Å². The molecule has 0 bridgehead atoms. The maximum absolute atomic E-state index is 13.0. The van der Waals surface area contributed by atoms with Crippen LogP contribution < -0.4 is 0 Å². The van der Waals surface area contributed by atoms with Crippen LogP contribution in [0.2, 0.25) is 0 Å². The van der Waals surface area contributed by atoms with E-state index in [4.69, 9.17) is 0 Å². The highest BCUT2D eigenvalue weighted by Gasteiger charge is 2.29. The number of nitrogens with one attached hydrogen (secondary N) is 1. The van der Waals surface area contributed by atoms with Crippen LogP contribution in [0.3, 0.4) is 0 Å². The van der Waals surface area contributed by atoms with Crippen LogP contribution >= 0.6 is 0 Å². The number of amides is 1. The Labute approximate surface area is 146 Å². The van der Waals surface area contributed by atoms with Crippen LogP contribution in [0.1, 0.15) is 60.5 Å². The Bertz CT molecular complexity index is 719. The summed E-state index contributed by atoms with van der Waals surface area (Å²) in [5.74, 6) is -0.0143. The number of benzene rings is 1. The zero-order valence-electron chi connectivity index (χ0n) is 14.6. The summed E-state index contributed by atoms with van der Waals surface area (Å²) in [6.07, 6.45) is 0.799. The molecule has 0 spiro atoms. The molecule has 1 aromatic carbocycles. The summed E-state index contributed by atoms with van der Waals surface area (Å²) in [4.78, 5) is 14.3. The van der Waals surface area contributed by atoms with Crippen LogP contribution in [0, 0.1) is 11.7 Å². The third-order valence-electron chi connectivity index (χ3n) is 4.92. The van der Waals surface area contributed by atoms with Gasteiger partial charge in [-0.25, -0.2) is 4.39 Å². The first-order valence-electron chi connectivity index (χ1n) is 8.74. The molecule has 1 saturated heterocycles. The second-order valence-corrected chi connectivity index (χ2v) is 6.99. The zero-order chi connectivity index (χ0) is 18.0. The minimum absolute atomic E-state index is 0.0694. The summed E-state index contributed by atoms with van der Waals surface area (Å²) in [5, 5.41) is 17.5. The van der Waals surface area contributed by atoms with Crippen LogP contribution in [0.15, 0.2) is 30.3 Å². The summed E-state index contributed by atoms with van der Waals surface area (Å²) in [6, 6.07) is 7.78. The molecule has 5 nitrogen and oxygen atoms in total. The summed E-state index contributed by atoms with van der Waals surface area (Å²) in [6.45, 7) is 5.27. The molecule has 1 aliphatic heterocycles. The predicted octanol–water partition coefficient (Wildman–Crippen LogP) is 3.26. The van der Waals surface area contributed by atoms with Crippen molar-refractivity contribution in [1.29, 1.82) is 0 Å². The Balaban J connectivity index is 1.59. The first-order chi connectivity index (χ1) is 12.0. The highest BCUT2D eigenvalue weighted by atomic mass is 19.1. The van der Waals surface area contributed by atoms with Gasteiger partial charge in [0, 0.05) is 18.8 Å². The number of carbonyl (C=O) groups is 1. The molecule has 2 heterocycles. The van der Waals surface area contributed by atoms with Gasteiger partial charge in [0.1, 0.15) is 11.5 Å². The van der Waals surface area contributed by atoms with Gasteiger partial charge in [-0.1, -0.05) is 26.0 Å². The average molecular weight is 345 g/mol. The third-order valence-corrected chi connectivity index (χ3v) is 4.92. The van der Waals surface area contributed by atoms with Crippen molar-refractivity contribution in [1.82, 2.24) is 15.1 Å². The summed E-state index contributed by atoms with van der Waals surface area (Å²) >= 11 is 0. The molecule has 2 N–H and O–H groups in total. The number of hydrogen-bond acceptors (Lipinski definition) is 3. The molecule has 1 aliphatic rings. The van der Waals surface area contributed by atoms with Gasteiger partial charge in [0.05, 0.1) is 6.10 Å².